The lowest BCUT2D eigenvalue weighted by Crippen LogP contribution is -2.49. The van der Waals surface area contributed by atoms with E-state index in [9.17, 15) is 14.0 Å². The van der Waals surface area contributed by atoms with E-state index in [1.54, 1.807) is 36.7 Å². The number of ether oxygens (including phenoxy) is 2. The number of benzene rings is 1. The smallest absolute Gasteiger partial charge is 0.255 e. The Morgan fingerprint density at radius 3 is 2.57 bits per heavy atom. The van der Waals surface area contributed by atoms with Crippen LogP contribution >= 0.6 is 11.3 Å². The highest BCUT2D eigenvalue weighted by Crippen LogP contribution is 2.39. The van der Waals surface area contributed by atoms with Gasteiger partial charge < -0.3 is 19.5 Å². The topological polar surface area (TPSA) is 105 Å². The molecule has 0 spiro atoms. The summed E-state index contributed by atoms with van der Waals surface area (Å²) in [5.74, 6) is 0.659. The highest BCUT2D eigenvalue weighted by atomic mass is 32.1. The van der Waals surface area contributed by atoms with Gasteiger partial charge in [-0.15, -0.1) is 11.3 Å². The van der Waals surface area contributed by atoms with Gasteiger partial charge in [0.2, 0.25) is 0 Å². The first-order chi connectivity index (χ1) is 21.5. The van der Waals surface area contributed by atoms with Gasteiger partial charge in [0.15, 0.2) is 11.6 Å². The molecule has 11 heteroatoms. The lowest BCUT2D eigenvalue weighted by Gasteiger charge is -2.34. The number of carbonyl (C=O) groups is 2. The molecule has 0 bridgehead atoms. The fourth-order valence-electron chi connectivity index (χ4n) is 5.30. The van der Waals surface area contributed by atoms with Gasteiger partial charge in [-0.3, -0.25) is 24.5 Å². The van der Waals surface area contributed by atoms with Crippen molar-refractivity contribution in [2.75, 3.05) is 52.5 Å². The molecule has 9 nitrogen and oxygen atoms in total. The van der Waals surface area contributed by atoms with Gasteiger partial charge >= 0.3 is 0 Å². The maximum Gasteiger partial charge on any atom is 0.255 e. The number of hydrogen-bond donors (Lipinski definition) is 1. The molecule has 3 aromatic heterocycles. The quantitative estimate of drug-likeness (QED) is 0.210. The molecule has 1 aromatic carbocycles. The molecule has 230 valence electrons. The highest BCUT2D eigenvalue weighted by molar-refractivity contribution is 7.22. The molecule has 1 aliphatic carbocycles. The maximum absolute atomic E-state index is 15.0. The molecule has 4 heterocycles. The molecule has 0 radical (unpaired) electrons. The Kier molecular flexibility index (Phi) is 9.56. The Morgan fingerprint density at radius 1 is 1.00 bits per heavy atom. The van der Waals surface area contributed by atoms with Crippen LogP contribution in [0.2, 0.25) is 0 Å². The number of thiophene rings is 1. The molecule has 2 fully saturated rings. The largest absolute Gasteiger partial charge is 0.453 e. The number of aliphatic hydroxyl groups excluding tert-OH is 1. The molecule has 44 heavy (non-hydrogen) atoms. The minimum absolute atomic E-state index is 0.0201. The number of pyridine rings is 2. The molecule has 2 aliphatic rings. The number of piperazine rings is 1. The Morgan fingerprint density at radius 2 is 1.84 bits per heavy atom. The third-order valence-corrected chi connectivity index (χ3v) is 9.08. The minimum atomic E-state index is -0.515. The van der Waals surface area contributed by atoms with Gasteiger partial charge in [0, 0.05) is 64.0 Å². The SMILES string of the molecule is O=C(Cc1ccc(Oc2ccnc3cc(-c4ccc(C(=O)N5CCN(CCOCCO)CC5)cn4)sc23)c(F)c1)CC1CC1. The molecule has 0 atom stereocenters. The first kappa shape index (κ1) is 30.3. The van der Waals surface area contributed by atoms with Crippen molar-refractivity contribution in [3.63, 3.8) is 0 Å². The standard InChI is InChI=1S/C33H35FN4O5S/c34-26-19-23(18-25(40)17-22-1-2-22)3-6-29(26)43-30-7-8-35-28-20-31(44-32(28)30)27-5-4-24(21-36-27)33(41)38-11-9-37(10-12-38)13-15-42-16-14-39/h3-8,19-22,39H,1-2,9-18H2. The zero-order valence-corrected chi connectivity index (χ0v) is 25.2. The first-order valence-electron chi connectivity index (χ1n) is 15.0. The second-order valence-electron chi connectivity index (χ2n) is 11.3. The van der Waals surface area contributed by atoms with E-state index in [4.69, 9.17) is 14.6 Å². The van der Waals surface area contributed by atoms with E-state index < -0.39 is 5.82 Å². The summed E-state index contributed by atoms with van der Waals surface area (Å²) in [6, 6.07) is 11.9. The number of ketones is 1. The Hall–Kier alpha value is -3.77. The molecule has 1 saturated heterocycles. The van der Waals surface area contributed by atoms with Gasteiger partial charge in [-0.1, -0.05) is 6.07 Å². The summed E-state index contributed by atoms with van der Waals surface area (Å²) >= 11 is 1.44. The molecule has 1 N–H and O–H groups in total. The van der Waals surface area contributed by atoms with Crippen LogP contribution in [0.5, 0.6) is 11.5 Å². The van der Waals surface area contributed by atoms with E-state index in [-0.39, 0.29) is 30.5 Å². The number of halogens is 1. The molecule has 4 aromatic rings. The van der Waals surface area contributed by atoms with Crippen molar-refractivity contribution in [2.24, 2.45) is 5.92 Å². The van der Waals surface area contributed by atoms with Crippen LogP contribution < -0.4 is 4.74 Å². The molecule has 1 amide bonds. The van der Waals surface area contributed by atoms with Crippen LogP contribution in [0.25, 0.3) is 20.8 Å². The van der Waals surface area contributed by atoms with Gasteiger partial charge in [0.25, 0.3) is 5.91 Å². The van der Waals surface area contributed by atoms with Crippen molar-refractivity contribution in [1.29, 1.82) is 0 Å². The predicted molar refractivity (Wildman–Crippen MR) is 166 cm³/mol. The summed E-state index contributed by atoms with van der Waals surface area (Å²) in [6.07, 6.45) is 6.26. The molecule has 0 unspecified atom stereocenters. The minimum Gasteiger partial charge on any atom is -0.453 e. The van der Waals surface area contributed by atoms with Gasteiger partial charge in [-0.2, -0.15) is 0 Å². The van der Waals surface area contributed by atoms with Gasteiger partial charge in [-0.05, 0) is 54.7 Å². The van der Waals surface area contributed by atoms with E-state index in [2.05, 4.69) is 14.9 Å². The number of rotatable bonds is 13. The van der Waals surface area contributed by atoms with Crippen LogP contribution in [0, 0.1) is 11.7 Å². The van der Waals surface area contributed by atoms with E-state index in [1.807, 2.05) is 17.0 Å². The molecular formula is C33H35FN4O5S. The second kappa shape index (κ2) is 13.9. The van der Waals surface area contributed by atoms with Gasteiger partial charge in [-0.25, -0.2) is 4.39 Å². The Labute approximate surface area is 259 Å². The van der Waals surface area contributed by atoms with E-state index in [1.165, 1.54) is 17.4 Å². The third-order valence-electron chi connectivity index (χ3n) is 7.92. The van der Waals surface area contributed by atoms with Crippen LogP contribution in [-0.2, 0) is 16.0 Å². The average Bonchev–Trinajstić information content (AvgIpc) is 3.74. The van der Waals surface area contributed by atoms with Crippen molar-refractivity contribution in [3.8, 4) is 22.1 Å². The van der Waals surface area contributed by atoms with Crippen LogP contribution in [0.1, 0.15) is 35.2 Å². The van der Waals surface area contributed by atoms with E-state index >= 15 is 0 Å². The van der Waals surface area contributed by atoms with Crippen molar-refractivity contribution in [2.45, 2.75) is 25.7 Å². The summed E-state index contributed by atoms with van der Waals surface area (Å²) in [5, 5.41) is 8.82. The number of nitrogens with zero attached hydrogens (tertiary/aromatic N) is 4. The zero-order valence-electron chi connectivity index (χ0n) is 24.4. The first-order valence-corrected chi connectivity index (χ1v) is 15.8. The van der Waals surface area contributed by atoms with E-state index in [0.29, 0.717) is 66.7 Å². The number of Topliss-reactive ketones (excluding diaryl/α,β-unsaturated/α-hetero) is 1. The summed E-state index contributed by atoms with van der Waals surface area (Å²) in [6.45, 7) is 4.51. The summed E-state index contributed by atoms with van der Waals surface area (Å²) in [4.78, 5) is 39.3. The molecule has 1 aliphatic heterocycles. The number of aromatic nitrogens is 2. The van der Waals surface area contributed by atoms with Crippen LogP contribution in [0.3, 0.4) is 0 Å². The van der Waals surface area contributed by atoms with Crippen molar-refractivity contribution in [3.05, 3.63) is 71.8 Å². The summed E-state index contributed by atoms with van der Waals surface area (Å²) in [5.41, 5.74) is 2.58. The molecule has 1 saturated carbocycles. The number of aliphatic hydroxyl groups is 1. The predicted octanol–water partition coefficient (Wildman–Crippen LogP) is 4.97. The van der Waals surface area contributed by atoms with Crippen molar-refractivity contribution >= 4 is 33.2 Å². The number of fused-ring (bicyclic) bond motifs is 1. The summed E-state index contributed by atoms with van der Waals surface area (Å²) in [7, 11) is 0. The number of hydrogen-bond acceptors (Lipinski definition) is 9. The van der Waals surface area contributed by atoms with Gasteiger partial charge in [0.1, 0.15) is 11.5 Å². The van der Waals surface area contributed by atoms with Crippen molar-refractivity contribution < 1.29 is 28.6 Å². The van der Waals surface area contributed by atoms with Crippen LogP contribution in [0.15, 0.2) is 54.9 Å². The highest BCUT2D eigenvalue weighted by Gasteiger charge is 2.25. The zero-order chi connectivity index (χ0) is 30.5. The number of amides is 1. The van der Waals surface area contributed by atoms with Gasteiger partial charge in [0.05, 0.1) is 46.2 Å². The monoisotopic (exact) mass is 618 g/mol. The van der Waals surface area contributed by atoms with Crippen LogP contribution in [0.4, 0.5) is 4.39 Å². The third kappa shape index (κ3) is 7.47. The fraction of sp³-hybridized carbons (Fsp3) is 0.394. The number of carbonyl (C=O) groups excluding carboxylic acids is 2. The second-order valence-corrected chi connectivity index (χ2v) is 12.3. The lowest BCUT2D eigenvalue weighted by atomic mass is 10.0. The van der Waals surface area contributed by atoms with E-state index in [0.717, 1.165) is 42.1 Å². The maximum atomic E-state index is 15.0. The lowest BCUT2D eigenvalue weighted by molar-refractivity contribution is -0.118. The Bertz CT molecular complexity index is 1620. The normalized spacial score (nSPS) is 15.5. The van der Waals surface area contributed by atoms with Crippen LogP contribution in [-0.4, -0.2) is 89.1 Å². The molecule has 6 rings (SSSR count). The van der Waals surface area contributed by atoms with Crippen molar-refractivity contribution in [1.82, 2.24) is 19.8 Å². The summed E-state index contributed by atoms with van der Waals surface area (Å²) < 4.78 is 27.0. The fourth-order valence-corrected chi connectivity index (χ4v) is 6.35. The average molecular weight is 619 g/mol. The Balaban J connectivity index is 1.09. The molecular weight excluding hydrogens is 583 g/mol.